The average molecular weight is 955 g/mol. The zero-order chi connectivity index (χ0) is 48.5. The Balaban J connectivity index is 0.000000352. The number of hydrogen-bond acceptors (Lipinski definition) is 12. The number of esters is 2. The highest BCUT2D eigenvalue weighted by atomic mass is 32.2. The maximum Gasteiger partial charge on any atom is 0.341 e. The standard InChI is InChI=1S/C34H36F2N2O8S.C15H21FO4/c1-4-45-34(40)26-17-21(5-12-28(26)36)20-44-16-15-43-14-13-38(47(3,41)42)29-19-30-27(18-25(29)22-6-7-22)31(33(39)37-2)32(46-30)23-8-10-24(35)11-9-23;1-3-7-18-8-9-19-11-12-5-6-14(16)13(10-12)15(17)20-4-2/h5,8-12,17-19,22H,4,6-7,13-16,20H2,1-3H3,(H,37,39);5-6,10H,3-4,7-9,11H2,1-2H3. The van der Waals surface area contributed by atoms with Crippen LogP contribution in [0.2, 0.25) is 0 Å². The molecule has 67 heavy (non-hydrogen) atoms. The Morgan fingerprint density at radius 1 is 0.716 bits per heavy atom. The monoisotopic (exact) mass is 954 g/mol. The molecule has 1 aliphatic carbocycles. The first-order valence-corrected chi connectivity index (χ1v) is 23.8. The molecule has 1 saturated carbocycles. The van der Waals surface area contributed by atoms with Gasteiger partial charge in [-0.2, -0.15) is 0 Å². The second-order valence-corrected chi connectivity index (χ2v) is 17.2. The third-order valence-corrected chi connectivity index (χ3v) is 11.4. The number of furan rings is 1. The summed E-state index contributed by atoms with van der Waals surface area (Å²) in [5, 5.41) is 3.17. The van der Waals surface area contributed by atoms with E-state index >= 15 is 0 Å². The number of carbonyl (C=O) groups excluding carboxylic acids is 3. The largest absolute Gasteiger partial charge is 0.462 e. The first-order chi connectivity index (χ1) is 32.2. The molecule has 0 radical (unpaired) electrons. The quantitative estimate of drug-likeness (QED) is 0.0462. The summed E-state index contributed by atoms with van der Waals surface area (Å²) in [6, 6.07) is 17.4. The molecule has 4 aromatic carbocycles. The lowest BCUT2D eigenvalue weighted by atomic mass is 10.0. The van der Waals surface area contributed by atoms with Crippen molar-refractivity contribution >= 4 is 44.5 Å². The van der Waals surface area contributed by atoms with Crippen LogP contribution in [-0.2, 0) is 51.7 Å². The summed E-state index contributed by atoms with van der Waals surface area (Å²) in [5.74, 6) is -3.11. The van der Waals surface area contributed by atoms with Gasteiger partial charge < -0.3 is 38.2 Å². The molecule has 1 aliphatic rings. The minimum absolute atomic E-state index is 0.0127. The van der Waals surface area contributed by atoms with E-state index in [0.29, 0.717) is 54.2 Å². The number of sulfonamides is 1. The Kier molecular flexibility index (Phi) is 19.8. The Bertz CT molecular complexity index is 2560. The van der Waals surface area contributed by atoms with Crippen molar-refractivity contribution in [3.05, 3.63) is 124 Å². The van der Waals surface area contributed by atoms with E-state index in [-0.39, 0.29) is 80.5 Å². The topological polar surface area (TPSA) is 169 Å². The summed E-state index contributed by atoms with van der Waals surface area (Å²) < 4.78 is 106. The van der Waals surface area contributed by atoms with Crippen molar-refractivity contribution in [2.45, 2.75) is 59.2 Å². The van der Waals surface area contributed by atoms with Crippen LogP contribution in [0.4, 0.5) is 18.9 Å². The molecule has 362 valence electrons. The van der Waals surface area contributed by atoms with Gasteiger partial charge in [0.15, 0.2) is 0 Å². The van der Waals surface area contributed by atoms with Gasteiger partial charge in [0.2, 0.25) is 10.0 Å². The van der Waals surface area contributed by atoms with Gasteiger partial charge in [0.1, 0.15) is 28.8 Å². The fourth-order valence-electron chi connectivity index (χ4n) is 6.87. The van der Waals surface area contributed by atoms with E-state index < -0.39 is 39.4 Å². The van der Waals surface area contributed by atoms with E-state index in [4.69, 9.17) is 32.8 Å². The van der Waals surface area contributed by atoms with E-state index in [1.165, 1.54) is 66.0 Å². The Morgan fingerprint density at radius 2 is 1.25 bits per heavy atom. The minimum Gasteiger partial charge on any atom is -0.462 e. The lowest BCUT2D eigenvalue weighted by molar-refractivity contribution is 0.0406. The SMILES string of the molecule is CCCOCCOCc1ccc(F)c(C(=O)OCC)c1.CCOC(=O)c1cc(COCCOCCN(c2cc3oc(-c4ccc(F)cc4)c(C(=O)NC)c3cc2C2CC2)S(C)(=O)=O)ccc1F. The van der Waals surface area contributed by atoms with E-state index in [1.54, 1.807) is 26.0 Å². The van der Waals surface area contributed by atoms with Crippen LogP contribution in [-0.4, -0.2) is 99.0 Å². The number of ether oxygens (including phenoxy) is 6. The first kappa shape index (κ1) is 52.2. The van der Waals surface area contributed by atoms with Crippen LogP contribution < -0.4 is 9.62 Å². The van der Waals surface area contributed by atoms with Gasteiger partial charge in [-0.15, -0.1) is 0 Å². The third kappa shape index (κ3) is 14.9. The van der Waals surface area contributed by atoms with Crippen molar-refractivity contribution in [1.29, 1.82) is 0 Å². The highest BCUT2D eigenvalue weighted by Gasteiger charge is 2.33. The van der Waals surface area contributed by atoms with Crippen LogP contribution in [0.15, 0.2) is 77.2 Å². The molecule has 1 aromatic heterocycles. The first-order valence-electron chi connectivity index (χ1n) is 22.0. The smallest absolute Gasteiger partial charge is 0.341 e. The molecule has 0 bridgehead atoms. The number of anilines is 1. The molecule has 0 saturated heterocycles. The summed E-state index contributed by atoms with van der Waals surface area (Å²) in [7, 11) is -2.25. The van der Waals surface area contributed by atoms with Crippen molar-refractivity contribution in [2.24, 2.45) is 0 Å². The fourth-order valence-corrected chi connectivity index (χ4v) is 7.79. The van der Waals surface area contributed by atoms with E-state index in [9.17, 15) is 36.0 Å². The molecule has 14 nitrogen and oxygen atoms in total. The number of carbonyl (C=O) groups is 3. The van der Waals surface area contributed by atoms with Gasteiger partial charge in [0, 0.05) is 30.7 Å². The van der Waals surface area contributed by atoms with Crippen molar-refractivity contribution in [2.75, 3.05) is 77.0 Å². The van der Waals surface area contributed by atoms with E-state index in [0.717, 1.165) is 36.6 Å². The number of nitrogens with zero attached hydrogens (tertiary/aromatic N) is 1. The molecule has 1 N–H and O–H groups in total. The molecule has 5 aromatic rings. The molecule has 1 fully saturated rings. The highest BCUT2D eigenvalue weighted by Crippen LogP contribution is 2.48. The van der Waals surface area contributed by atoms with Crippen LogP contribution in [0.25, 0.3) is 22.3 Å². The summed E-state index contributed by atoms with van der Waals surface area (Å²) in [6.07, 6.45) is 3.83. The lowest BCUT2D eigenvalue weighted by Gasteiger charge is -2.25. The van der Waals surface area contributed by atoms with Crippen LogP contribution >= 0.6 is 0 Å². The molecule has 0 spiro atoms. The number of halogens is 3. The average Bonchev–Trinajstić information content (AvgIpc) is 4.09. The Labute approximate surface area is 388 Å². The van der Waals surface area contributed by atoms with Gasteiger partial charge in [0.25, 0.3) is 5.91 Å². The maximum absolute atomic E-state index is 14.0. The third-order valence-electron chi connectivity index (χ3n) is 10.2. The van der Waals surface area contributed by atoms with Crippen LogP contribution in [0, 0.1) is 17.5 Å². The van der Waals surface area contributed by atoms with Crippen LogP contribution in [0.5, 0.6) is 0 Å². The number of rotatable bonds is 24. The molecule has 0 atom stereocenters. The molecular formula is C49H57F3N2O12S. The van der Waals surface area contributed by atoms with Gasteiger partial charge in [-0.3, -0.25) is 9.10 Å². The van der Waals surface area contributed by atoms with Crippen molar-refractivity contribution in [3.63, 3.8) is 0 Å². The number of hydrogen-bond donors (Lipinski definition) is 1. The van der Waals surface area contributed by atoms with Gasteiger partial charge in [-0.25, -0.2) is 31.2 Å². The van der Waals surface area contributed by atoms with Crippen molar-refractivity contribution < 1.29 is 68.8 Å². The predicted octanol–water partition coefficient (Wildman–Crippen LogP) is 8.74. The Morgan fingerprint density at radius 3 is 1.75 bits per heavy atom. The number of fused-ring (bicyclic) bond motifs is 1. The number of amides is 1. The van der Waals surface area contributed by atoms with Gasteiger partial charge in [-0.1, -0.05) is 19.1 Å². The Hall–Kier alpha value is -5.79. The predicted molar refractivity (Wildman–Crippen MR) is 245 cm³/mol. The van der Waals surface area contributed by atoms with Gasteiger partial charge in [0.05, 0.1) is 94.6 Å². The molecule has 1 amide bonds. The van der Waals surface area contributed by atoms with Crippen molar-refractivity contribution in [3.8, 4) is 11.3 Å². The second kappa shape index (κ2) is 25.4. The van der Waals surface area contributed by atoms with Crippen LogP contribution in [0.3, 0.4) is 0 Å². The summed E-state index contributed by atoms with van der Waals surface area (Å²) in [4.78, 5) is 36.5. The normalized spacial score (nSPS) is 12.4. The molecule has 0 unspecified atom stereocenters. The van der Waals surface area contributed by atoms with Crippen LogP contribution in [0.1, 0.15) is 93.7 Å². The molecule has 18 heteroatoms. The number of nitrogens with one attached hydrogen (secondary N) is 1. The number of benzene rings is 4. The van der Waals surface area contributed by atoms with Crippen molar-refractivity contribution in [1.82, 2.24) is 5.32 Å². The molecular weight excluding hydrogens is 898 g/mol. The molecule has 0 aliphatic heterocycles. The molecule has 1 heterocycles. The summed E-state index contributed by atoms with van der Waals surface area (Å²) in [5.41, 5.74) is 3.42. The van der Waals surface area contributed by atoms with E-state index in [2.05, 4.69) is 5.32 Å². The highest BCUT2D eigenvalue weighted by molar-refractivity contribution is 7.92. The second-order valence-electron chi connectivity index (χ2n) is 15.3. The fraction of sp³-hybridized carbons (Fsp3) is 0.408. The van der Waals surface area contributed by atoms with Gasteiger partial charge in [-0.05, 0) is 110 Å². The van der Waals surface area contributed by atoms with E-state index in [1.807, 2.05) is 13.0 Å². The summed E-state index contributed by atoms with van der Waals surface area (Å²) in [6.45, 7) is 8.23. The zero-order valence-corrected chi connectivity index (χ0v) is 39.1. The van der Waals surface area contributed by atoms with Gasteiger partial charge >= 0.3 is 11.9 Å². The minimum atomic E-state index is -3.76. The summed E-state index contributed by atoms with van der Waals surface area (Å²) >= 11 is 0. The zero-order valence-electron chi connectivity index (χ0n) is 38.3. The maximum atomic E-state index is 14.0. The lowest BCUT2D eigenvalue weighted by Crippen LogP contribution is -2.34. The molecule has 6 rings (SSSR count).